The first-order valence-electron chi connectivity index (χ1n) is 13.2. The number of nitrogens with zero attached hydrogens (tertiary/aromatic N) is 4. The molecule has 2 aromatic carbocycles. The molecule has 5 rings (SSSR count). The second kappa shape index (κ2) is 10.6. The number of hydrogen-bond acceptors (Lipinski definition) is 5. The van der Waals surface area contributed by atoms with Gasteiger partial charge in [-0.05, 0) is 41.9 Å². The molecule has 0 aliphatic carbocycles. The molecule has 2 aromatic heterocycles. The second-order valence-corrected chi connectivity index (χ2v) is 12.0. The Hall–Kier alpha value is -3.10. The molecule has 1 fully saturated rings. The molecule has 0 saturated carbocycles. The van der Waals surface area contributed by atoms with Crippen molar-refractivity contribution in [1.82, 2.24) is 19.3 Å². The Morgan fingerprint density at radius 3 is 2.32 bits per heavy atom. The normalized spacial score (nSPS) is 15.0. The van der Waals surface area contributed by atoms with Gasteiger partial charge >= 0.3 is 5.69 Å². The van der Waals surface area contributed by atoms with Crippen molar-refractivity contribution in [1.29, 1.82) is 0 Å². The Balaban J connectivity index is 1.20. The van der Waals surface area contributed by atoms with E-state index in [1.54, 1.807) is 9.25 Å². The van der Waals surface area contributed by atoms with Gasteiger partial charge in [-0.1, -0.05) is 69.3 Å². The van der Waals surface area contributed by atoms with Crippen LogP contribution < -0.4 is 5.69 Å². The Kier molecular flexibility index (Phi) is 7.38. The first-order chi connectivity index (χ1) is 18.2. The van der Waals surface area contributed by atoms with E-state index in [9.17, 15) is 9.18 Å². The van der Waals surface area contributed by atoms with Gasteiger partial charge in [0.15, 0.2) is 0 Å². The molecule has 0 spiro atoms. The SMILES string of the molecule is CCn1c(CCCc2ccc(-c3csc(C4(F)COC4)n3)cc2)nn(Cc2ccc(C(C)(C)C)cc2)c1=O. The quantitative estimate of drug-likeness (QED) is 0.268. The van der Waals surface area contributed by atoms with Crippen molar-refractivity contribution in [2.75, 3.05) is 13.2 Å². The molecule has 0 amide bonds. The van der Waals surface area contributed by atoms with E-state index in [0.717, 1.165) is 41.9 Å². The number of rotatable bonds is 9. The first-order valence-corrected chi connectivity index (χ1v) is 14.1. The fourth-order valence-corrected chi connectivity index (χ4v) is 5.58. The number of aryl methyl sites for hydroxylation is 2. The van der Waals surface area contributed by atoms with Crippen molar-refractivity contribution in [3.8, 4) is 11.3 Å². The Morgan fingerprint density at radius 1 is 1.03 bits per heavy atom. The van der Waals surface area contributed by atoms with Crippen molar-refractivity contribution in [3.05, 3.63) is 91.9 Å². The Morgan fingerprint density at radius 2 is 1.71 bits per heavy atom. The van der Waals surface area contributed by atoms with Crippen LogP contribution in [0.2, 0.25) is 0 Å². The highest BCUT2D eigenvalue weighted by molar-refractivity contribution is 7.10. The summed E-state index contributed by atoms with van der Waals surface area (Å²) < 4.78 is 22.9. The second-order valence-electron chi connectivity index (χ2n) is 11.1. The molecule has 3 heterocycles. The minimum absolute atomic E-state index is 0.0575. The number of benzene rings is 2. The van der Waals surface area contributed by atoms with Crippen LogP contribution in [0.1, 0.15) is 61.6 Å². The van der Waals surface area contributed by atoms with Gasteiger partial charge in [-0.2, -0.15) is 5.10 Å². The Labute approximate surface area is 227 Å². The predicted octanol–water partition coefficient (Wildman–Crippen LogP) is 5.90. The lowest BCUT2D eigenvalue weighted by atomic mass is 9.87. The summed E-state index contributed by atoms with van der Waals surface area (Å²) in [5.41, 5.74) is 3.95. The van der Waals surface area contributed by atoms with Crippen LogP contribution in [0, 0.1) is 0 Å². The van der Waals surface area contributed by atoms with Gasteiger partial charge in [0.05, 0.1) is 25.5 Å². The smallest absolute Gasteiger partial charge is 0.346 e. The summed E-state index contributed by atoms with van der Waals surface area (Å²) in [5, 5.41) is 7.08. The van der Waals surface area contributed by atoms with Crippen LogP contribution in [0.5, 0.6) is 0 Å². The lowest BCUT2D eigenvalue weighted by Gasteiger charge is -2.31. The maximum atomic E-state index is 14.5. The zero-order valence-corrected chi connectivity index (χ0v) is 23.4. The molecule has 1 aliphatic heterocycles. The Bertz CT molecular complexity index is 1440. The van der Waals surface area contributed by atoms with Gasteiger partial charge < -0.3 is 4.74 Å². The van der Waals surface area contributed by atoms with Crippen molar-refractivity contribution >= 4 is 11.3 Å². The van der Waals surface area contributed by atoms with E-state index in [1.165, 1.54) is 22.5 Å². The third kappa shape index (κ3) is 5.52. The molecule has 1 aliphatic rings. The van der Waals surface area contributed by atoms with Gasteiger partial charge in [-0.3, -0.25) is 4.57 Å². The largest absolute Gasteiger partial charge is 0.374 e. The number of thiazole rings is 1. The maximum Gasteiger partial charge on any atom is 0.346 e. The van der Waals surface area contributed by atoms with E-state index in [1.807, 2.05) is 24.4 Å². The molecule has 0 bridgehead atoms. The molecule has 0 N–H and O–H groups in total. The lowest BCUT2D eigenvalue weighted by molar-refractivity contribution is -0.135. The summed E-state index contributed by atoms with van der Waals surface area (Å²) in [7, 11) is 0. The average Bonchev–Trinajstić information content (AvgIpc) is 3.48. The van der Waals surface area contributed by atoms with Crippen LogP contribution >= 0.6 is 11.3 Å². The van der Waals surface area contributed by atoms with E-state index in [2.05, 4.69) is 67.3 Å². The lowest BCUT2D eigenvalue weighted by Crippen LogP contribution is -2.42. The number of alkyl halides is 1. The van der Waals surface area contributed by atoms with Crippen molar-refractivity contribution in [3.63, 3.8) is 0 Å². The van der Waals surface area contributed by atoms with Gasteiger partial charge in [0.2, 0.25) is 5.67 Å². The monoisotopic (exact) mass is 534 g/mol. The third-order valence-electron chi connectivity index (χ3n) is 7.13. The highest BCUT2D eigenvalue weighted by Crippen LogP contribution is 2.37. The van der Waals surface area contributed by atoms with E-state index in [4.69, 9.17) is 4.74 Å². The van der Waals surface area contributed by atoms with E-state index in [0.29, 0.717) is 18.1 Å². The molecule has 200 valence electrons. The van der Waals surface area contributed by atoms with E-state index in [-0.39, 0.29) is 24.3 Å². The van der Waals surface area contributed by atoms with Gasteiger partial charge in [0.1, 0.15) is 10.8 Å². The van der Waals surface area contributed by atoms with Crippen molar-refractivity contribution < 1.29 is 9.13 Å². The molecular weight excluding hydrogens is 499 g/mol. The summed E-state index contributed by atoms with van der Waals surface area (Å²) in [6.07, 6.45) is 2.50. The van der Waals surface area contributed by atoms with Crippen molar-refractivity contribution in [2.45, 2.75) is 71.1 Å². The van der Waals surface area contributed by atoms with Crippen LogP contribution in [0.4, 0.5) is 4.39 Å². The zero-order valence-electron chi connectivity index (χ0n) is 22.5. The predicted molar refractivity (Wildman–Crippen MR) is 150 cm³/mol. The van der Waals surface area contributed by atoms with Gasteiger partial charge in [-0.25, -0.2) is 18.9 Å². The summed E-state index contributed by atoms with van der Waals surface area (Å²) in [4.78, 5) is 17.5. The number of aromatic nitrogens is 4. The molecule has 8 heteroatoms. The summed E-state index contributed by atoms with van der Waals surface area (Å²) in [5.74, 6) is 0.829. The van der Waals surface area contributed by atoms with Crippen LogP contribution in [0.15, 0.2) is 58.7 Å². The molecular formula is C30H35FN4O2S. The number of halogens is 1. The van der Waals surface area contributed by atoms with Crippen LogP contribution in [-0.2, 0) is 41.8 Å². The minimum atomic E-state index is -1.42. The third-order valence-corrected chi connectivity index (χ3v) is 8.15. The maximum absolute atomic E-state index is 14.5. The van der Waals surface area contributed by atoms with Crippen molar-refractivity contribution in [2.24, 2.45) is 0 Å². The fourth-order valence-electron chi connectivity index (χ4n) is 4.68. The highest BCUT2D eigenvalue weighted by Gasteiger charge is 2.43. The first kappa shape index (κ1) is 26.5. The zero-order chi connectivity index (χ0) is 26.9. The van der Waals surface area contributed by atoms with Gasteiger partial charge in [0, 0.05) is 23.9 Å². The van der Waals surface area contributed by atoms with Crippen LogP contribution in [0.3, 0.4) is 0 Å². The molecule has 38 heavy (non-hydrogen) atoms. The molecule has 0 atom stereocenters. The highest BCUT2D eigenvalue weighted by atomic mass is 32.1. The minimum Gasteiger partial charge on any atom is -0.374 e. The fraction of sp³-hybridized carbons (Fsp3) is 0.433. The van der Waals surface area contributed by atoms with Gasteiger partial charge in [0.25, 0.3) is 0 Å². The molecule has 0 radical (unpaired) electrons. The summed E-state index contributed by atoms with van der Waals surface area (Å²) in [6.45, 7) is 9.83. The molecule has 1 saturated heterocycles. The van der Waals surface area contributed by atoms with E-state index >= 15 is 0 Å². The number of hydrogen-bond donors (Lipinski definition) is 0. The average molecular weight is 535 g/mol. The molecule has 4 aromatic rings. The summed E-state index contributed by atoms with van der Waals surface area (Å²) in [6, 6.07) is 16.7. The standard InChI is InChI=1S/C30H35FN4O2S/c1-5-34-26(33-35(28(34)36)17-22-11-15-24(16-12-22)29(2,3)4)8-6-7-21-9-13-23(14-10-21)25-18-38-27(32-25)30(31)19-37-20-30/h9-16,18H,5-8,17,19-20H2,1-4H3. The molecule has 6 nitrogen and oxygen atoms in total. The molecule has 0 unspecified atom stereocenters. The van der Waals surface area contributed by atoms with Crippen LogP contribution in [-0.4, -0.2) is 32.5 Å². The van der Waals surface area contributed by atoms with Gasteiger partial charge in [-0.15, -0.1) is 11.3 Å². The summed E-state index contributed by atoms with van der Waals surface area (Å²) >= 11 is 1.35. The topological polar surface area (TPSA) is 61.9 Å². The van der Waals surface area contributed by atoms with Crippen LogP contribution in [0.25, 0.3) is 11.3 Å². The number of ether oxygens (including phenoxy) is 1. The van der Waals surface area contributed by atoms with E-state index < -0.39 is 5.67 Å².